The first-order valence-corrected chi connectivity index (χ1v) is 5.09. The first kappa shape index (κ1) is 9.68. The molecule has 0 aliphatic carbocycles. The van der Waals surface area contributed by atoms with Gasteiger partial charge in [0.1, 0.15) is 0 Å². The summed E-state index contributed by atoms with van der Waals surface area (Å²) in [5.41, 5.74) is 0. The predicted octanol–water partition coefficient (Wildman–Crippen LogP) is 0.928. The molecule has 0 bridgehead atoms. The fraction of sp³-hybridized carbons (Fsp3) is 0.556. The number of hydrogen-bond acceptors (Lipinski definition) is 4. The van der Waals surface area contributed by atoms with E-state index in [1.165, 1.54) is 0 Å². The summed E-state index contributed by atoms with van der Waals surface area (Å²) >= 11 is 5.72. The lowest BCUT2D eigenvalue weighted by Crippen LogP contribution is -2.49. The van der Waals surface area contributed by atoms with Gasteiger partial charge in [0.25, 0.3) is 0 Å². The number of halogens is 1. The lowest BCUT2D eigenvalue weighted by molar-refractivity contribution is 0.479. The monoisotopic (exact) mass is 212 g/mol. The number of nitrogens with zero attached hydrogens (tertiary/aromatic N) is 3. The highest BCUT2D eigenvalue weighted by atomic mass is 35.5. The Kier molecular flexibility index (Phi) is 2.84. The number of hydrogen-bond donors (Lipinski definition) is 1. The van der Waals surface area contributed by atoms with Gasteiger partial charge in [0, 0.05) is 25.7 Å². The van der Waals surface area contributed by atoms with Gasteiger partial charge in [-0.15, -0.1) is 0 Å². The van der Waals surface area contributed by atoms with Crippen molar-refractivity contribution in [1.29, 1.82) is 0 Å². The molecule has 1 aromatic heterocycles. The Morgan fingerprint density at radius 3 is 2.86 bits per heavy atom. The van der Waals surface area contributed by atoms with Crippen molar-refractivity contribution in [3.05, 3.63) is 17.4 Å². The molecule has 4 nitrogen and oxygen atoms in total. The SMILES string of the molecule is C[C@H]1CN(c2ncc(Cl)cn2)CCN1. The minimum atomic E-state index is 0.489. The van der Waals surface area contributed by atoms with Gasteiger partial charge in [-0.25, -0.2) is 9.97 Å². The van der Waals surface area contributed by atoms with Gasteiger partial charge in [-0.3, -0.25) is 0 Å². The Morgan fingerprint density at radius 2 is 2.21 bits per heavy atom. The second-order valence-corrected chi connectivity index (χ2v) is 3.94. The minimum absolute atomic E-state index is 0.489. The van der Waals surface area contributed by atoms with Gasteiger partial charge < -0.3 is 10.2 Å². The van der Waals surface area contributed by atoms with Crippen molar-refractivity contribution in [2.24, 2.45) is 0 Å². The van der Waals surface area contributed by atoms with Crippen molar-refractivity contribution in [2.45, 2.75) is 13.0 Å². The summed E-state index contributed by atoms with van der Waals surface area (Å²) in [6, 6.07) is 0.489. The molecule has 1 fully saturated rings. The maximum absolute atomic E-state index is 5.72. The highest BCUT2D eigenvalue weighted by Gasteiger charge is 2.17. The highest BCUT2D eigenvalue weighted by molar-refractivity contribution is 6.30. The van der Waals surface area contributed by atoms with Crippen LogP contribution in [0.15, 0.2) is 12.4 Å². The van der Waals surface area contributed by atoms with E-state index >= 15 is 0 Å². The van der Waals surface area contributed by atoms with Gasteiger partial charge in [0.05, 0.1) is 17.4 Å². The van der Waals surface area contributed by atoms with Crippen LogP contribution in [0.25, 0.3) is 0 Å². The predicted molar refractivity (Wildman–Crippen MR) is 56.7 cm³/mol. The maximum atomic E-state index is 5.72. The van der Waals surface area contributed by atoms with Crippen LogP contribution in [0.1, 0.15) is 6.92 Å². The summed E-state index contributed by atoms with van der Waals surface area (Å²) < 4.78 is 0. The molecule has 2 rings (SSSR count). The number of rotatable bonds is 1. The van der Waals surface area contributed by atoms with E-state index in [4.69, 9.17) is 11.6 Å². The molecule has 0 unspecified atom stereocenters. The van der Waals surface area contributed by atoms with Crippen LogP contribution >= 0.6 is 11.6 Å². The molecule has 1 aliphatic rings. The van der Waals surface area contributed by atoms with Crippen LogP contribution < -0.4 is 10.2 Å². The van der Waals surface area contributed by atoms with Gasteiger partial charge in [-0.2, -0.15) is 0 Å². The van der Waals surface area contributed by atoms with E-state index in [9.17, 15) is 0 Å². The zero-order valence-electron chi connectivity index (χ0n) is 8.07. The molecule has 1 atom stereocenters. The van der Waals surface area contributed by atoms with Crippen molar-refractivity contribution < 1.29 is 0 Å². The van der Waals surface area contributed by atoms with Crippen molar-refractivity contribution in [1.82, 2.24) is 15.3 Å². The van der Waals surface area contributed by atoms with Crippen LogP contribution in [0.3, 0.4) is 0 Å². The zero-order valence-corrected chi connectivity index (χ0v) is 8.83. The third kappa shape index (κ3) is 2.13. The van der Waals surface area contributed by atoms with E-state index in [2.05, 4.69) is 27.1 Å². The topological polar surface area (TPSA) is 41.1 Å². The maximum Gasteiger partial charge on any atom is 0.225 e. The molecule has 0 amide bonds. The molecule has 1 saturated heterocycles. The molecule has 14 heavy (non-hydrogen) atoms. The highest BCUT2D eigenvalue weighted by Crippen LogP contribution is 2.11. The molecule has 0 radical (unpaired) electrons. The first-order valence-electron chi connectivity index (χ1n) is 4.71. The number of nitrogens with one attached hydrogen (secondary N) is 1. The van der Waals surface area contributed by atoms with E-state index in [1.807, 2.05) is 0 Å². The van der Waals surface area contributed by atoms with Crippen LogP contribution in [-0.4, -0.2) is 35.6 Å². The zero-order chi connectivity index (χ0) is 9.97. The number of aromatic nitrogens is 2. The molecule has 0 saturated carbocycles. The van der Waals surface area contributed by atoms with Crippen LogP contribution in [0.2, 0.25) is 5.02 Å². The Hall–Kier alpha value is -0.870. The van der Waals surface area contributed by atoms with Gasteiger partial charge in [0.15, 0.2) is 0 Å². The van der Waals surface area contributed by atoms with E-state index in [0.29, 0.717) is 11.1 Å². The summed E-state index contributed by atoms with van der Waals surface area (Å²) in [7, 11) is 0. The Bertz CT molecular complexity index is 300. The van der Waals surface area contributed by atoms with Crippen molar-refractivity contribution in [3.63, 3.8) is 0 Å². The lowest BCUT2D eigenvalue weighted by atomic mass is 10.2. The molecular formula is C9H13ClN4. The summed E-state index contributed by atoms with van der Waals surface area (Å²) in [4.78, 5) is 10.5. The average Bonchev–Trinajstić information content (AvgIpc) is 2.19. The smallest absolute Gasteiger partial charge is 0.225 e. The normalized spacial score (nSPS) is 22.4. The van der Waals surface area contributed by atoms with E-state index in [0.717, 1.165) is 25.6 Å². The summed E-state index contributed by atoms with van der Waals surface area (Å²) in [5, 5.41) is 3.95. The molecular weight excluding hydrogens is 200 g/mol. The Labute approximate surface area is 88.3 Å². The van der Waals surface area contributed by atoms with E-state index < -0.39 is 0 Å². The largest absolute Gasteiger partial charge is 0.338 e. The second kappa shape index (κ2) is 4.11. The standard InChI is InChI=1S/C9H13ClN4/c1-7-6-14(3-2-11-7)9-12-4-8(10)5-13-9/h4-5,7,11H,2-3,6H2,1H3/t7-/m0/s1. The molecule has 1 N–H and O–H groups in total. The second-order valence-electron chi connectivity index (χ2n) is 3.50. The quantitative estimate of drug-likeness (QED) is 0.752. The number of piperazine rings is 1. The van der Waals surface area contributed by atoms with Crippen LogP contribution in [-0.2, 0) is 0 Å². The van der Waals surface area contributed by atoms with Crippen molar-refractivity contribution in [3.8, 4) is 0 Å². The molecule has 76 valence electrons. The Morgan fingerprint density at radius 1 is 1.50 bits per heavy atom. The van der Waals surface area contributed by atoms with E-state index in [-0.39, 0.29) is 0 Å². The summed E-state index contributed by atoms with van der Waals surface area (Å²) in [5.74, 6) is 0.766. The molecule has 2 heterocycles. The van der Waals surface area contributed by atoms with E-state index in [1.54, 1.807) is 12.4 Å². The fourth-order valence-corrected chi connectivity index (χ4v) is 1.68. The van der Waals surface area contributed by atoms with Gasteiger partial charge in [-0.05, 0) is 6.92 Å². The van der Waals surface area contributed by atoms with Crippen LogP contribution in [0.5, 0.6) is 0 Å². The fourth-order valence-electron chi connectivity index (χ4n) is 1.58. The molecule has 0 spiro atoms. The first-order chi connectivity index (χ1) is 6.75. The van der Waals surface area contributed by atoms with Crippen molar-refractivity contribution >= 4 is 17.5 Å². The Balaban J connectivity index is 2.10. The van der Waals surface area contributed by atoms with Crippen LogP contribution in [0.4, 0.5) is 5.95 Å². The summed E-state index contributed by atoms with van der Waals surface area (Å²) in [6.07, 6.45) is 3.27. The molecule has 0 aromatic carbocycles. The minimum Gasteiger partial charge on any atom is -0.338 e. The molecule has 1 aliphatic heterocycles. The van der Waals surface area contributed by atoms with Gasteiger partial charge >= 0.3 is 0 Å². The summed E-state index contributed by atoms with van der Waals surface area (Å²) in [6.45, 7) is 5.03. The number of anilines is 1. The van der Waals surface area contributed by atoms with Crippen molar-refractivity contribution in [2.75, 3.05) is 24.5 Å². The third-order valence-corrected chi connectivity index (χ3v) is 2.45. The third-order valence-electron chi connectivity index (χ3n) is 2.26. The van der Waals surface area contributed by atoms with Gasteiger partial charge in [0.2, 0.25) is 5.95 Å². The molecule has 5 heteroatoms. The lowest BCUT2D eigenvalue weighted by Gasteiger charge is -2.31. The average molecular weight is 213 g/mol. The van der Waals surface area contributed by atoms with Crippen LogP contribution in [0, 0.1) is 0 Å². The van der Waals surface area contributed by atoms with Gasteiger partial charge in [-0.1, -0.05) is 11.6 Å². The molecule has 1 aromatic rings.